The third kappa shape index (κ3) is 4.60. The molecule has 0 radical (unpaired) electrons. The molecular formula is C17H25ClN6O3. The number of rotatable bonds is 7. The maximum Gasteiger partial charge on any atom is 0.329 e. The highest BCUT2D eigenvalue weighted by atomic mass is 35.5. The minimum absolute atomic E-state index is 0.347. The zero-order chi connectivity index (χ0) is 19.4. The quantitative estimate of drug-likeness (QED) is 0.669. The van der Waals surface area contributed by atoms with Crippen molar-refractivity contribution in [3.63, 3.8) is 0 Å². The van der Waals surface area contributed by atoms with Gasteiger partial charge in [-0.1, -0.05) is 17.7 Å². The molecule has 3 heterocycles. The molecule has 0 unspecified atom stereocenters. The molecule has 2 aromatic rings. The highest BCUT2D eigenvalue weighted by molar-refractivity contribution is 6.29. The lowest BCUT2D eigenvalue weighted by molar-refractivity contribution is 0.0378. The second kappa shape index (κ2) is 8.73. The summed E-state index contributed by atoms with van der Waals surface area (Å²) in [6.07, 6.45) is 2.73. The van der Waals surface area contributed by atoms with E-state index in [-0.39, 0.29) is 0 Å². The average Bonchev–Trinajstić information content (AvgIpc) is 3.01. The molecule has 2 N–H and O–H groups in total. The summed E-state index contributed by atoms with van der Waals surface area (Å²) in [4.78, 5) is 33.4. The summed E-state index contributed by atoms with van der Waals surface area (Å²) in [5.74, 6) is 0.549. The molecule has 0 bridgehead atoms. The fraction of sp³-hybridized carbons (Fsp3) is 0.588. The minimum atomic E-state index is -0.486. The number of hydrogen-bond acceptors (Lipinski definition) is 6. The molecule has 148 valence electrons. The number of allylic oxidation sites excluding steroid dienone is 2. The third-order valence-electron chi connectivity index (χ3n) is 4.60. The van der Waals surface area contributed by atoms with Gasteiger partial charge in [0.05, 0.1) is 13.2 Å². The number of halogens is 1. The molecule has 10 heteroatoms. The number of nitrogens with one attached hydrogen (secondary N) is 2. The predicted octanol–water partition coefficient (Wildman–Crippen LogP) is 0.700. The Bertz CT molecular complexity index is 935. The van der Waals surface area contributed by atoms with Gasteiger partial charge in [0, 0.05) is 38.3 Å². The van der Waals surface area contributed by atoms with Gasteiger partial charge in [-0.15, -0.1) is 0 Å². The lowest BCUT2D eigenvalue weighted by Gasteiger charge is -2.26. The number of ether oxygens (including phenoxy) is 1. The highest BCUT2D eigenvalue weighted by Crippen LogP contribution is 2.16. The highest BCUT2D eigenvalue weighted by Gasteiger charge is 2.17. The molecule has 1 aliphatic rings. The van der Waals surface area contributed by atoms with Gasteiger partial charge in [-0.2, -0.15) is 4.98 Å². The average molecular weight is 397 g/mol. The molecular weight excluding hydrogens is 372 g/mol. The number of hydrogen-bond donors (Lipinski definition) is 2. The Hall–Kier alpha value is -2.10. The molecule has 1 saturated heterocycles. The Morgan fingerprint density at radius 2 is 2.11 bits per heavy atom. The first-order valence-electron chi connectivity index (χ1n) is 9.03. The van der Waals surface area contributed by atoms with Gasteiger partial charge in [-0.25, -0.2) is 4.79 Å². The monoisotopic (exact) mass is 396 g/mol. The molecule has 0 aromatic carbocycles. The number of imidazole rings is 1. The van der Waals surface area contributed by atoms with Crippen LogP contribution in [0.25, 0.3) is 11.2 Å². The van der Waals surface area contributed by atoms with Crippen molar-refractivity contribution in [2.45, 2.75) is 19.9 Å². The molecule has 1 fully saturated rings. The van der Waals surface area contributed by atoms with Gasteiger partial charge in [0.15, 0.2) is 11.2 Å². The summed E-state index contributed by atoms with van der Waals surface area (Å²) in [6.45, 7) is 7.31. The van der Waals surface area contributed by atoms with Crippen LogP contribution in [-0.4, -0.2) is 63.4 Å². The van der Waals surface area contributed by atoms with Gasteiger partial charge in [-0.3, -0.25) is 19.2 Å². The van der Waals surface area contributed by atoms with E-state index in [0.29, 0.717) is 35.2 Å². The smallest absolute Gasteiger partial charge is 0.329 e. The zero-order valence-corrected chi connectivity index (χ0v) is 16.4. The van der Waals surface area contributed by atoms with Crippen LogP contribution in [0.5, 0.6) is 0 Å². The van der Waals surface area contributed by atoms with Gasteiger partial charge >= 0.3 is 5.69 Å². The van der Waals surface area contributed by atoms with Gasteiger partial charge < -0.3 is 14.6 Å². The summed E-state index contributed by atoms with van der Waals surface area (Å²) in [5, 5.41) is 3.91. The third-order valence-corrected chi connectivity index (χ3v) is 4.75. The number of anilines is 1. The van der Waals surface area contributed by atoms with E-state index in [9.17, 15) is 9.59 Å². The number of aryl methyl sites for hydroxylation is 1. The summed E-state index contributed by atoms with van der Waals surface area (Å²) in [7, 11) is 1.59. The van der Waals surface area contributed by atoms with E-state index in [4.69, 9.17) is 16.3 Å². The summed E-state index contributed by atoms with van der Waals surface area (Å²) in [5.41, 5.74) is -0.246. The lowest BCUT2D eigenvalue weighted by atomic mass is 10.3. The molecule has 3 rings (SSSR count). The van der Waals surface area contributed by atoms with Gasteiger partial charge in [0.1, 0.15) is 0 Å². The van der Waals surface area contributed by atoms with E-state index in [2.05, 4.69) is 20.2 Å². The minimum Gasteiger partial charge on any atom is -0.379 e. The number of aromatic amines is 1. The lowest BCUT2D eigenvalue weighted by Crippen LogP contribution is -2.37. The Labute approximate surface area is 161 Å². The number of aromatic nitrogens is 4. The van der Waals surface area contributed by atoms with E-state index in [1.807, 2.05) is 0 Å². The maximum atomic E-state index is 12.3. The van der Waals surface area contributed by atoms with E-state index in [0.717, 1.165) is 39.3 Å². The van der Waals surface area contributed by atoms with Crippen LogP contribution in [0.4, 0.5) is 5.95 Å². The first-order valence-corrected chi connectivity index (χ1v) is 9.41. The van der Waals surface area contributed by atoms with Crippen LogP contribution in [0.1, 0.15) is 13.3 Å². The Morgan fingerprint density at radius 1 is 1.37 bits per heavy atom. The van der Waals surface area contributed by atoms with Crippen LogP contribution in [0, 0.1) is 0 Å². The zero-order valence-electron chi connectivity index (χ0n) is 15.6. The van der Waals surface area contributed by atoms with Crippen molar-refractivity contribution in [1.29, 1.82) is 0 Å². The Morgan fingerprint density at radius 3 is 2.81 bits per heavy atom. The van der Waals surface area contributed by atoms with Crippen LogP contribution in [0.15, 0.2) is 20.7 Å². The Balaban J connectivity index is 1.80. The molecule has 0 spiro atoms. The molecule has 0 saturated carbocycles. The molecule has 0 amide bonds. The molecule has 27 heavy (non-hydrogen) atoms. The van der Waals surface area contributed by atoms with Crippen molar-refractivity contribution in [3.05, 3.63) is 31.9 Å². The van der Waals surface area contributed by atoms with Crippen molar-refractivity contribution in [2.75, 3.05) is 44.7 Å². The SMILES string of the molecule is CC(Cl)=CCn1c(NCCCN2CCOCC2)nc2c1c(=O)[nH]c(=O)n2C. The Kier molecular flexibility index (Phi) is 6.35. The number of nitrogens with zero attached hydrogens (tertiary/aromatic N) is 4. The fourth-order valence-corrected chi connectivity index (χ4v) is 3.16. The second-order valence-corrected chi connectivity index (χ2v) is 7.16. The molecule has 0 aliphatic carbocycles. The number of fused-ring (bicyclic) bond motifs is 1. The topological polar surface area (TPSA) is 97.2 Å². The summed E-state index contributed by atoms with van der Waals surface area (Å²) >= 11 is 5.96. The van der Waals surface area contributed by atoms with Crippen molar-refractivity contribution in [3.8, 4) is 0 Å². The fourth-order valence-electron chi connectivity index (χ4n) is 3.09. The standard InChI is InChI=1S/C17H25ClN6O3/c1-12(18)4-7-24-13-14(22(2)17(26)21-15(13)25)20-16(24)19-5-3-6-23-8-10-27-11-9-23/h4H,3,5-11H2,1-2H3,(H,19,20)(H,21,25,26). The van der Waals surface area contributed by atoms with Crippen molar-refractivity contribution < 1.29 is 4.74 Å². The van der Waals surface area contributed by atoms with Gasteiger partial charge in [-0.05, 0) is 19.9 Å². The van der Waals surface area contributed by atoms with Crippen molar-refractivity contribution in [1.82, 2.24) is 24.0 Å². The van der Waals surface area contributed by atoms with E-state index in [1.54, 1.807) is 24.6 Å². The molecule has 9 nitrogen and oxygen atoms in total. The largest absolute Gasteiger partial charge is 0.379 e. The first kappa shape index (κ1) is 19.7. The van der Waals surface area contributed by atoms with Crippen LogP contribution in [0.3, 0.4) is 0 Å². The van der Waals surface area contributed by atoms with Crippen LogP contribution in [-0.2, 0) is 18.3 Å². The van der Waals surface area contributed by atoms with Crippen molar-refractivity contribution >= 4 is 28.7 Å². The summed E-state index contributed by atoms with van der Waals surface area (Å²) in [6, 6.07) is 0. The normalized spacial score (nSPS) is 16.2. The van der Waals surface area contributed by atoms with Crippen LogP contribution in [0.2, 0.25) is 0 Å². The molecule has 1 aliphatic heterocycles. The number of H-pyrrole nitrogens is 1. The van der Waals surface area contributed by atoms with E-state index >= 15 is 0 Å². The second-order valence-electron chi connectivity index (χ2n) is 6.56. The maximum absolute atomic E-state index is 12.3. The first-order chi connectivity index (χ1) is 13.0. The number of morpholine rings is 1. The van der Waals surface area contributed by atoms with Gasteiger partial charge in [0.2, 0.25) is 5.95 Å². The van der Waals surface area contributed by atoms with Crippen LogP contribution < -0.4 is 16.6 Å². The predicted molar refractivity (Wildman–Crippen MR) is 106 cm³/mol. The molecule has 0 atom stereocenters. The van der Waals surface area contributed by atoms with E-state index in [1.165, 1.54) is 4.57 Å². The van der Waals surface area contributed by atoms with Gasteiger partial charge in [0.25, 0.3) is 5.56 Å². The summed E-state index contributed by atoms with van der Waals surface area (Å²) < 4.78 is 8.44. The van der Waals surface area contributed by atoms with Crippen LogP contribution >= 0.6 is 11.6 Å². The molecule has 2 aromatic heterocycles. The van der Waals surface area contributed by atoms with Crippen molar-refractivity contribution in [2.24, 2.45) is 7.05 Å². The van der Waals surface area contributed by atoms with E-state index < -0.39 is 11.2 Å².